The van der Waals surface area contributed by atoms with Crippen molar-refractivity contribution in [3.63, 3.8) is 0 Å². The zero-order chi connectivity index (χ0) is 26.0. The fraction of sp³-hybridized carbons (Fsp3) is 0.667. The lowest BCUT2D eigenvalue weighted by Gasteiger charge is -2.51. The van der Waals surface area contributed by atoms with Gasteiger partial charge in [0.05, 0.1) is 24.1 Å². The zero-order valence-electron chi connectivity index (χ0n) is 22.8. The van der Waals surface area contributed by atoms with Gasteiger partial charge in [0.2, 0.25) is 5.91 Å². The van der Waals surface area contributed by atoms with Gasteiger partial charge in [0, 0.05) is 50.9 Å². The molecule has 202 valence electrons. The van der Waals surface area contributed by atoms with Crippen LogP contribution in [0, 0.1) is 0 Å². The fourth-order valence-electron chi connectivity index (χ4n) is 7.06. The van der Waals surface area contributed by atoms with Gasteiger partial charge >= 0.3 is 0 Å². The van der Waals surface area contributed by atoms with Gasteiger partial charge in [-0.05, 0) is 50.2 Å². The van der Waals surface area contributed by atoms with Crippen molar-refractivity contribution < 1.29 is 9.90 Å². The first-order chi connectivity index (χ1) is 17.8. The minimum absolute atomic E-state index is 0.0151. The van der Waals surface area contributed by atoms with E-state index in [9.17, 15) is 14.7 Å². The summed E-state index contributed by atoms with van der Waals surface area (Å²) in [7, 11) is 3.99. The van der Waals surface area contributed by atoms with Gasteiger partial charge in [0.1, 0.15) is 0 Å². The van der Waals surface area contributed by atoms with E-state index < -0.39 is 5.60 Å². The van der Waals surface area contributed by atoms with Gasteiger partial charge < -0.3 is 19.5 Å². The van der Waals surface area contributed by atoms with Gasteiger partial charge in [-0.2, -0.15) is 0 Å². The molecule has 0 bridgehead atoms. The van der Waals surface area contributed by atoms with Crippen LogP contribution in [0.1, 0.15) is 69.8 Å². The molecule has 1 aliphatic heterocycles. The molecule has 3 aliphatic rings. The number of carbonyl (C=O) groups excluding carboxylic acids is 1. The second-order valence-electron chi connectivity index (χ2n) is 12.0. The van der Waals surface area contributed by atoms with Crippen LogP contribution in [0.25, 0.3) is 10.9 Å². The van der Waals surface area contributed by atoms with Crippen molar-refractivity contribution in [2.24, 2.45) is 7.05 Å². The summed E-state index contributed by atoms with van der Waals surface area (Å²) in [5, 5.41) is 12.1. The van der Waals surface area contributed by atoms with E-state index in [-0.39, 0.29) is 23.4 Å². The number of hydrogen-bond acceptors (Lipinski definition) is 5. The van der Waals surface area contributed by atoms with Crippen LogP contribution in [0.4, 0.5) is 0 Å². The summed E-state index contributed by atoms with van der Waals surface area (Å²) < 4.78 is 1.70. The largest absolute Gasteiger partial charge is 0.389 e. The van der Waals surface area contributed by atoms with Crippen LogP contribution >= 0.6 is 0 Å². The van der Waals surface area contributed by atoms with Crippen LogP contribution in [0.2, 0.25) is 0 Å². The van der Waals surface area contributed by atoms with Crippen LogP contribution in [0.3, 0.4) is 0 Å². The van der Waals surface area contributed by atoms with Crippen molar-refractivity contribution in [1.82, 2.24) is 19.3 Å². The highest BCUT2D eigenvalue weighted by Gasteiger charge is 2.43. The lowest BCUT2D eigenvalue weighted by Crippen LogP contribution is -2.62. The second-order valence-corrected chi connectivity index (χ2v) is 12.0. The highest BCUT2D eigenvalue weighted by atomic mass is 16.3. The average Bonchev–Trinajstić information content (AvgIpc) is 3.33. The van der Waals surface area contributed by atoms with Crippen LogP contribution in [-0.4, -0.2) is 81.2 Å². The molecule has 2 aromatic rings. The van der Waals surface area contributed by atoms with Gasteiger partial charge in [-0.25, -0.2) is 0 Å². The molecular weight excluding hydrogens is 464 g/mol. The molecule has 7 heteroatoms. The van der Waals surface area contributed by atoms with Crippen molar-refractivity contribution in [1.29, 1.82) is 0 Å². The number of aryl methyl sites for hydroxylation is 1. The molecule has 1 amide bonds. The lowest BCUT2D eigenvalue weighted by atomic mass is 9.79. The van der Waals surface area contributed by atoms with E-state index in [4.69, 9.17) is 0 Å². The number of pyridine rings is 1. The first-order valence-corrected chi connectivity index (χ1v) is 14.3. The summed E-state index contributed by atoms with van der Waals surface area (Å²) in [4.78, 5) is 34.3. The summed E-state index contributed by atoms with van der Waals surface area (Å²) >= 11 is 0. The Bertz CT molecular complexity index is 1160. The number of aliphatic hydroxyl groups is 1. The molecule has 3 fully saturated rings. The van der Waals surface area contributed by atoms with Crippen molar-refractivity contribution in [3.05, 3.63) is 46.2 Å². The Balaban J connectivity index is 1.48. The van der Waals surface area contributed by atoms with Gasteiger partial charge in [-0.1, -0.05) is 50.3 Å². The van der Waals surface area contributed by atoms with Crippen LogP contribution in [-0.2, 0) is 18.4 Å². The molecule has 2 saturated carbocycles. The number of hydrogen-bond donors (Lipinski definition) is 1. The third-order valence-electron chi connectivity index (χ3n) is 9.38. The maximum atomic E-state index is 13.9. The summed E-state index contributed by atoms with van der Waals surface area (Å²) in [6.45, 7) is 5.03. The number of aromatic nitrogens is 1. The van der Waals surface area contributed by atoms with E-state index in [1.165, 1.54) is 19.3 Å². The molecule has 0 unspecified atom stereocenters. The molecule has 37 heavy (non-hydrogen) atoms. The molecule has 2 aliphatic carbocycles. The van der Waals surface area contributed by atoms with E-state index in [2.05, 4.69) is 16.8 Å². The number of benzene rings is 1. The van der Waals surface area contributed by atoms with Crippen LogP contribution < -0.4 is 5.56 Å². The molecular formula is C30H44N4O3. The molecule has 0 atom stereocenters. The number of amides is 1. The number of para-hydroxylation sites is 1. The van der Waals surface area contributed by atoms with E-state index in [1.54, 1.807) is 4.57 Å². The molecule has 1 aromatic heterocycles. The predicted octanol–water partition coefficient (Wildman–Crippen LogP) is 3.51. The normalized spacial score (nSPS) is 22.4. The topological polar surface area (TPSA) is 69.0 Å². The first-order valence-electron chi connectivity index (χ1n) is 14.3. The maximum Gasteiger partial charge on any atom is 0.255 e. The Morgan fingerprint density at radius 2 is 1.59 bits per heavy atom. The van der Waals surface area contributed by atoms with E-state index >= 15 is 0 Å². The molecule has 7 nitrogen and oxygen atoms in total. The Labute approximate surface area is 221 Å². The summed E-state index contributed by atoms with van der Waals surface area (Å²) in [5.74, 6) is -0.0151. The minimum Gasteiger partial charge on any atom is -0.389 e. The highest BCUT2D eigenvalue weighted by molar-refractivity contribution is 5.80. The van der Waals surface area contributed by atoms with Crippen LogP contribution in [0.5, 0.6) is 0 Å². The summed E-state index contributed by atoms with van der Waals surface area (Å²) in [6, 6.07) is 9.88. The Morgan fingerprint density at radius 3 is 2.30 bits per heavy atom. The van der Waals surface area contributed by atoms with Crippen molar-refractivity contribution in [3.8, 4) is 0 Å². The quantitative estimate of drug-likeness (QED) is 0.620. The smallest absolute Gasteiger partial charge is 0.255 e. The van der Waals surface area contributed by atoms with Crippen molar-refractivity contribution in [2.75, 3.05) is 39.8 Å². The molecule has 0 spiro atoms. The average molecular weight is 509 g/mol. The third-order valence-corrected chi connectivity index (χ3v) is 9.38. The molecule has 5 rings (SSSR count). The molecule has 0 radical (unpaired) electrons. The summed E-state index contributed by atoms with van der Waals surface area (Å²) in [6.07, 6.45) is 9.24. The van der Waals surface area contributed by atoms with E-state index in [0.29, 0.717) is 31.5 Å². The van der Waals surface area contributed by atoms with Gasteiger partial charge in [0.15, 0.2) is 0 Å². The number of likely N-dealkylation sites (N-methyl/N-ethyl adjacent to an activating group) is 1. The maximum absolute atomic E-state index is 13.9. The SMILES string of the molecule is CN1CCN(C2(CN(Cc3cc4ccccc4n(C)c3=O)C(=O)CC3(O)CCCC3)CCCCC2)CC1. The van der Waals surface area contributed by atoms with E-state index in [0.717, 1.165) is 62.8 Å². The molecule has 1 N–H and O–H groups in total. The molecule has 1 saturated heterocycles. The number of carbonyl (C=O) groups is 1. The lowest BCUT2D eigenvalue weighted by molar-refractivity contribution is -0.140. The predicted molar refractivity (Wildman–Crippen MR) is 148 cm³/mol. The minimum atomic E-state index is -0.906. The monoisotopic (exact) mass is 508 g/mol. The highest BCUT2D eigenvalue weighted by Crippen LogP contribution is 2.37. The number of fused-ring (bicyclic) bond motifs is 1. The molecule has 1 aromatic carbocycles. The fourth-order valence-corrected chi connectivity index (χ4v) is 7.06. The number of rotatable bonds is 7. The van der Waals surface area contributed by atoms with Crippen molar-refractivity contribution >= 4 is 16.8 Å². The zero-order valence-corrected chi connectivity index (χ0v) is 22.8. The Morgan fingerprint density at radius 1 is 0.946 bits per heavy atom. The summed E-state index contributed by atoms with van der Waals surface area (Å²) in [5.41, 5.74) is 0.536. The Hall–Kier alpha value is -2.22. The van der Waals surface area contributed by atoms with Gasteiger partial charge in [-0.3, -0.25) is 14.5 Å². The third kappa shape index (κ3) is 5.64. The second kappa shape index (κ2) is 10.9. The van der Waals surface area contributed by atoms with Crippen LogP contribution in [0.15, 0.2) is 35.1 Å². The van der Waals surface area contributed by atoms with Crippen molar-refractivity contribution in [2.45, 2.75) is 81.9 Å². The number of piperazine rings is 1. The van der Waals surface area contributed by atoms with Gasteiger partial charge in [0.25, 0.3) is 5.56 Å². The first kappa shape index (κ1) is 26.4. The van der Waals surface area contributed by atoms with Gasteiger partial charge in [-0.15, -0.1) is 0 Å². The Kier molecular flexibility index (Phi) is 7.75. The van der Waals surface area contributed by atoms with E-state index in [1.807, 2.05) is 42.3 Å². The number of nitrogens with zero attached hydrogens (tertiary/aromatic N) is 4. The standard InChI is InChI=1S/C30H44N4O3/c1-31-16-18-34(19-17-31)29(12-6-3-7-13-29)23-33(27(35)21-30(37)14-8-9-15-30)22-25-20-24-10-4-5-11-26(24)32(2)28(25)36/h4-5,10-11,20,37H,3,6-9,12-19,21-23H2,1-2H3. The molecule has 2 heterocycles.